The molecule has 2 aromatic rings. The van der Waals surface area contributed by atoms with E-state index in [-0.39, 0.29) is 0 Å². The minimum absolute atomic E-state index is 0.596. The van der Waals surface area contributed by atoms with Crippen LogP contribution in [0.4, 0.5) is 5.69 Å². The van der Waals surface area contributed by atoms with Gasteiger partial charge in [0.2, 0.25) is 0 Å². The first-order valence-electron chi connectivity index (χ1n) is 6.48. The van der Waals surface area contributed by atoms with Gasteiger partial charge in [-0.2, -0.15) is 0 Å². The van der Waals surface area contributed by atoms with Crippen molar-refractivity contribution in [2.75, 3.05) is 18.4 Å². The van der Waals surface area contributed by atoms with Gasteiger partial charge in [-0.1, -0.05) is 23.8 Å². The summed E-state index contributed by atoms with van der Waals surface area (Å²) in [6.07, 6.45) is 0. The quantitative estimate of drug-likeness (QED) is 0.882. The van der Waals surface area contributed by atoms with E-state index in [1.165, 1.54) is 5.56 Å². The normalized spacial score (nSPS) is 10.5. The topological polar surface area (TPSA) is 63.8 Å². The molecule has 0 radical (unpaired) electrons. The molecular formula is C15H20N4. The second kappa shape index (κ2) is 5.80. The van der Waals surface area contributed by atoms with Gasteiger partial charge in [0.05, 0.1) is 17.1 Å². The third-order valence-corrected chi connectivity index (χ3v) is 2.99. The van der Waals surface area contributed by atoms with Crippen molar-refractivity contribution in [2.45, 2.75) is 20.8 Å². The Bertz CT molecular complexity index is 555. The number of nitrogens with two attached hydrogens (primary N) is 1. The van der Waals surface area contributed by atoms with Crippen molar-refractivity contribution in [1.82, 2.24) is 9.97 Å². The highest BCUT2D eigenvalue weighted by Gasteiger charge is 2.09. The van der Waals surface area contributed by atoms with E-state index < -0.39 is 0 Å². The van der Waals surface area contributed by atoms with Crippen LogP contribution in [0, 0.1) is 20.8 Å². The number of benzene rings is 1. The molecule has 100 valence electrons. The number of aryl methyl sites for hydroxylation is 3. The molecule has 0 aliphatic heterocycles. The lowest BCUT2D eigenvalue weighted by Gasteiger charge is -2.12. The Balaban J connectivity index is 2.39. The Morgan fingerprint density at radius 3 is 2.37 bits per heavy atom. The van der Waals surface area contributed by atoms with Crippen LogP contribution in [-0.4, -0.2) is 23.1 Å². The SMILES string of the molecule is Cc1cccc(-c2nc(C)c(NCCN)c(C)n2)c1. The fourth-order valence-corrected chi connectivity index (χ4v) is 2.08. The Morgan fingerprint density at radius 1 is 1.11 bits per heavy atom. The van der Waals surface area contributed by atoms with Crippen molar-refractivity contribution >= 4 is 5.69 Å². The molecule has 3 N–H and O–H groups in total. The lowest BCUT2D eigenvalue weighted by molar-refractivity contribution is 0.990. The molecule has 0 saturated carbocycles. The van der Waals surface area contributed by atoms with Gasteiger partial charge in [0.1, 0.15) is 0 Å². The van der Waals surface area contributed by atoms with Crippen LogP contribution in [-0.2, 0) is 0 Å². The van der Waals surface area contributed by atoms with Crippen LogP contribution in [0.1, 0.15) is 17.0 Å². The first-order chi connectivity index (χ1) is 9.11. The van der Waals surface area contributed by atoms with Gasteiger partial charge in [-0.05, 0) is 26.8 Å². The number of anilines is 1. The Kier molecular flexibility index (Phi) is 4.12. The van der Waals surface area contributed by atoms with Gasteiger partial charge >= 0.3 is 0 Å². The average molecular weight is 256 g/mol. The minimum Gasteiger partial charge on any atom is -0.381 e. The summed E-state index contributed by atoms with van der Waals surface area (Å²) in [5.41, 5.74) is 10.7. The maximum Gasteiger partial charge on any atom is 0.159 e. The van der Waals surface area contributed by atoms with E-state index in [1.807, 2.05) is 26.0 Å². The molecule has 0 atom stereocenters. The van der Waals surface area contributed by atoms with Gasteiger partial charge in [0, 0.05) is 18.7 Å². The molecule has 4 nitrogen and oxygen atoms in total. The Hall–Kier alpha value is -1.94. The molecule has 1 heterocycles. The van der Waals surface area contributed by atoms with Gasteiger partial charge in [0.15, 0.2) is 5.82 Å². The summed E-state index contributed by atoms with van der Waals surface area (Å²) >= 11 is 0. The molecule has 1 aromatic carbocycles. The summed E-state index contributed by atoms with van der Waals surface area (Å²) in [5, 5.41) is 3.27. The monoisotopic (exact) mass is 256 g/mol. The molecule has 0 bridgehead atoms. The number of hydrogen-bond acceptors (Lipinski definition) is 4. The fourth-order valence-electron chi connectivity index (χ4n) is 2.08. The van der Waals surface area contributed by atoms with Gasteiger partial charge in [0.25, 0.3) is 0 Å². The summed E-state index contributed by atoms with van der Waals surface area (Å²) in [6, 6.07) is 8.23. The molecule has 0 amide bonds. The van der Waals surface area contributed by atoms with Crippen LogP contribution < -0.4 is 11.1 Å². The summed E-state index contributed by atoms with van der Waals surface area (Å²) < 4.78 is 0. The standard InChI is InChI=1S/C15H20N4/c1-10-5-4-6-13(9-10)15-18-11(2)14(12(3)19-15)17-8-7-16/h4-6,9,17H,7-8,16H2,1-3H3. The van der Waals surface area contributed by atoms with Crippen molar-refractivity contribution in [3.63, 3.8) is 0 Å². The molecule has 4 heteroatoms. The number of rotatable bonds is 4. The van der Waals surface area contributed by atoms with Crippen LogP contribution >= 0.6 is 0 Å². The summed E-state index contributed by atoms with van der Waals surface area (Å²) in [6.45, 7) is 7.38. The second-order valence-electron chi connectivity index (χ2n) is 4.68. The predicted octanol–water partition coefficient (Wildman–Crippen LogP) is 2.44. The maximum atomic E-state index is 5.51. The van der Waals surface area contributed by atoms with Crippen molar-refractivity contribution in [3.8, 4) is 11.4 Å². The zero-order valence-electron chi connectivity index (χ0n) is 11.7. The smallest absolute Gasteiger partial charge is 0.159 e. The summed E-state index contributed by atoms with van der Waals surface area (Å²) in [4.78, 5) is 9.17. The minimum atomic E-state index is 0.596. The molecule has 0 spiro atoms. The molecule has 0 saturated heterocycles. The zero-order valence-corrected chi connectivity index (χ0v) is 11.7. The third-order valence-electron chi connectivity index (χ3n) is 2.99. The molecule has 0 unspecified atom stereocenters. The third kappa shape index (κ3) is 3.09. The van der Waals surface area contributed by atoms with Crippen molar-refractivity contribution in [2.24, 2.45) is 5.73 Å². The van der Waals surface area contributed by atoms with Gasteiger partial charge < -0.3 is 11.1 Å². The van der Waals surface area contributed by atoms with Crippen LogP contribution in [0.2, 0.25) is 0 Å². The first-order valence-corrected chi connectivity index (χ1v) is 6.48. The molecule has 0 fully saturated rings. The number of aromatic nitrogens is 2. The highest BCUT2D eigenvalue weighted by atomic mass is 15.0. The number of hydrogen-bond donors (Lipinski definition) is 2. The van der Waals surface area contributed by atoms with Crippen LogP contribution in [0.15, 0.2) is 24.3 Å². The predicted molar refractivity (Wildman–Crippen MR) is 79.2 cm³/mol. The number of nitrogens with one attached hydrogen (secondary N) is 1. The van der Waals surface area contributed by atoms with E-state index in [4.69, 9.17) is 5.73 Å². The van der Waals surface area contributed by atoms with E-state index in [0.717, 1.165) is 35.0 Å². The second-order valence-corrected chi connectivity index (χ2v) is 4.68. The average Bonchev–Trinajstić information content (AvgIpc) is 2.37. The number of nitrogens with zero attached hydrogens (tertiary/aromatic N) is 2. The Morgan fingerprint density at radius 2 is 1.79 bits per heavy atom. The molecule has 2 rings (SSSR count). The largest absolute Gasteiger partial charge is 0.381 e. The summed E-state index contributed by atoms with van der Waals surface area (Å²) in [7, 11) is 0. The highest BCUT2D eigenvalue weighted by molar-refractivity contribution is 5.61. The van der Waals surface area contributed by atoms with E-state index in [0.29, 0.717) is 6.54 Å². The van der Waals surface area contributed by atoms with Crippen molar-refractivity contribution < 1.29 is 0 Å². The lowest BCUT2D eigenvalue weighted by atomic mass is 10.1. The molecule has 0 aliphatic carbocycles. The molecule has 19 heavy (non-hydrogen) atoms. The maximum absolute atomic E-state index is 5.51. The van der Waals surface area contributed by atoms with Gasteiger partial charge in [-0.25, -0.2) is 9.97 Å². The summed E-state index contributed by atoms with van der Waals surface area (Å²) in [5.74, 6) is 0.775. The van der Waals surface area contributed by atoms with Crippen LogP contribution in [0.25, 0.3) is 11.4 Å². The lowest BCUT2D eigenvalue weighted by Crippen LogP contribution is -2.15. The zero-order chi connectivity index (χ0) is 13.8. The van der Waals surface area contributed by atoms with E-state index in [9.17, 15) is 0 Å². The Labute approximate surface area is 114 Å². The first kappa shape index (κ1) is 13.5. The van der Waals surface area contributed by atoms with E-state index in [2.05, 4.69) is 34.3 Å². The van der Waals surface area contributed by atoms with Crippen LogP contribution in [0.5, 0.6) is 0 Å². The molecule has 0 aliphatic rings. The molecular weight excluding hydrogens is 236 g/mol. The molecule has 1 aromatic heterocycles. The fraction of sp³-hybridized carbons (Fsp3) is 0.333. The van der Waals surface area contributed by atoms with E-state index in [1.54, 1.807) is 0 Å². The van der Waals surface area contributed by atoms with Gasteiger partial charge in [-0.3, -0.25) is 0 Å². The highest BCUT2D eigenvalue weighted by Crippen LogP contribution is 2.22. The van der Waals surface area contributed by atoms with Crippen molar-refractivity contribution in [1.29, 1.82) is 0 Å². The van der Waals surface area contributed by atoms with Crippen LogP contribution in [0.3, 0.4) is 0 Å². The van der Waals surface area contributed by atoms with Crippen molar-refractivity contribution in [3.05, 3.63) is 41.2 Å². The van der Waals surface area contributed by atoms with E-state index >= 15 is 0 Å². The van der Waals surface area contributed by atoms with Gasteiger partial charge in [-0.15, -0.1) is 0 Å².